The van der Waals surface area contributed by atoms with Crippen LogP contribution >= 0.6 is 11.6 Å². The molecule has 0 saturated heterocycles. The lowest BCUT2D eigenvalue weighted by atomic mass is 9.85. The van der Waals surface area contributed by atoms with Crippen LogP contribution in [0.25, 0.3) is 0 Å². The predicted octanol–water partition coefficient (Wildman–Crippen LogP) is 3.24. The first kappa shape index (κ1) is 15.2. The van der Waals surface area contributed by atoms with E-state index in [0.717, 1.165) is 6.42 Å². The van der Waals surface area contributed by atoms with Crippen molar-refractivity contribution in [2.45, 2.75) is 58.1 Å². The zero-order valence-electron chi connectivity index (χ0n) is 10.4. The second-order valence-electron chi connectivity index (χ2n) is 5.31. The summed E-state index contributed by atoms with van der Waals surface area (Å²) in [6, 6.07) is 0. The summed E-state index contributed by atoms with van der Waals surface area (Å²) in [7, 11) is -2.91. The second kappa shape index (κ2) is 5.53. The van der Waals surface area contributed by atoms with Crippen LogP contribution in [0.2, 0.25) is 0 Å². The molecule has 0 saturated carbocycles. The Balaban J connectivity index is 4.27. The van der Waals surface area contributed by atoms with E-state index in [9.17, 15) is 8.42 Å². The summed E-state index contributed by atoms with van der Waals surface area (Å²) in [4.78, 5) is 0. The molecule has 0 rings (SSSR count). The highest BCUT2D eigenvalue weighted by atomic mass is 35.5. The molecule has 92 valence electrons. The Kier molecular flexibility index (Phi) is 5.62. The molecule has 0 aliphatic rings. The van der Waals surface area contributed by atoms with Gasteiger partial charge >= 0.3 is 0 Å². The van der Waals surface area contributed by atoms with Gasteiger partial charge in [0.05, 0.1) is 11.0 Å². The highest BCUT2D eigenvalue weighted by Crippen LogP contribution is 2.29. The topological polar surface area (TPSA) is 34.1 Å². The minimum Gasteiger partial charge on any atom is -0.229 e. The Morgan fingerprint density at radius 2 is 1.67 bits per heavy atom. The standard InChI is InChI=1S/C11H23ClO2S/c1-9(2)15(13,14)7-6-11(4,5)8-10(3)12/h9-10H,6-8H2,1-5H3. The van der Waals surface area contributed by atoms with Crippen LogP contribution < -0.4 is 0 Å². The molecule has 0 aromatic carbocycles. The molecule has 4 heteroatoms. The van der Waals surface area contributed by atoms with Gasteiger partial charge in [-0.25, -0.2) is 8.42 Å². The van der Waals surface area contributed by atoms with Crippen LogP contribution in [-0.2, 0) is 9.84 Å². The molecule has 0 fully saturated rings. The van der Waals surface area contributed by atoms with E-state index < -0.39 is 9.84 Å². The first-order chi connectivity index (χ1) is 6.57. The molecular formula is C11H23ClO2S. The molecule has 2 nitrogen and oxygen atoms in total. The van der Waals surface area contributed by atoms with Gasteiger partial charge in [-0.1, -0.05) is 13.8 Å². The van der Waals surface area contributed by atoms with Crippen molar-refractivity contribution >= 4 is 21.4 Å². The first-order valence-corrected chi connectivity index (χ1v) is 7.58. The van der Waals surface area contributed by atoms with Crippen molar-refractivity contribution in [1.82, 2.24) is 0 Å². The zero-order chi connectivity index (χ0) is 12.3. The molecule has 0 heterocycles. The molecule has 1 atom stereocenters. The van der Waals surface area contributed by atoms with E-state index in [4.69, 9.17) is 11.6 Å². The fraction of sp³-hybridized carbons (Fsp3) is 1.00. The Morgan fingerprint density at radius 3 is 2.00 bits per heavy atom. The summed E-state index contributed by atoms with van der Waals surface area (Å²) in [6.07, 6.45) is 1.53. The molecule has 15 heavy (non-hydrogen) atoms. The number of sulfone groups is 1. The highest BCUT2D eigenvalue weighted by molar-refractivity contribution is 7.91. The van der Waals surface area contributed by atoms with Gasteiger partial charge in [0.25, 0.3) is 0 Å². The van der Waals surface area contributed by atoms with E-state index in [2.05, 4.69) is 13.8 Å². The largest absolute Gasteiger partial charge is 0.229 e. The van der Waals surface area contributed by atoms with Gasteiger partial charge in [-0.2, -0.15) is 0 Å². The summed E-state index contributed by atoms with van der Waals surface area (Å²) in [6.45, 7) is 9.54. The van der Waals surface area contributed by atoms with E-state index in [1.165, 1.54) is 0 Å². The predicted molar refractivity (Wildman–Crippen MR) is 67.3 cm³/mol. The van der Waals surface area contributed by atoms with E-state index in [1.54, 1.807) is 13.8 Å². The maximum atomic E-state index is 11.6. The first-order valence-electron chi connectivity index (χ1n) is 5.42. The van der Waals surface area contributed by atoms with Crippen LogP contribution in [0, 0.1) is 5.41 Å². The van der Waals surface area contributed by atoms with Gasteiger partial charge < -0.3 is 0 Å². The van der Waals surface area contributed by atoms with Crippen molar-refractivity contribution in [3.05, 3.63) is 0 Å². The molecule has 0 aliphatic carbocycles. The third-order valence-electron chi connectivity index (χ3n) is 2.62. The van der Waals surface area contributed by atoms with Gasteiger partial charge in [0.1, 0.15) is 0 Å². The van der Waals surface area contributed by atoms with E-state index in [0.29, 0.717) is 6.42 Å². The fourth-order valence-corrected chi connectivity index (χ4v) is 3.24. The third-order valence-corrected chi connectivity index (χ3v) is 4.98. The molecule has 1 unspecified atom stereocenters. The van der Waals surface area contributed by atoms with Crippen molar-refractivity contribution < 1.29 is 8.42 Å². The lowest BCUT2D eigenvalue weighted by Crippen LogP contribution is -2.24. The normalized spacial score (nSPS) is 15.7. The number of hydrogen-bond acceptors (Lipinski definition) is 2. The SMILES string of the molecule is CC(Cl)CC(C)(C)CCS(=O)(=O)C(C)C. The van der Waals surface area contributed by atoms with Crippen molar-refractivity contribution in [3.8, 4) is 0 Å². The minimum atomic E-state index is -2.91. The second-order valence-corrected chi connectivity index (χ2v) is 8.74. The Hall–Kier alpha value is 0.240. The molecule has 0 N–H and O–H groups in total. The minimum absolute atomic E-state index is 0.00310. The summed E-state index contributed by atoms with van der Waals surface area (Å²) in [5.41, 5.74) is 0.00310. The van der Waals surface area contributed by atoms with Crippen molar-refractivity contribution in [2.24, 2.45) is 5.41 Å². The van der Waals surface area contributed by atoms with Gasteiger partial charge in [-0.3, -0.25) is 0 Å². The van der Waals surface area contributed by atoms with Crippen LogP contribution in [0.15, 0.2) is 0 Å². The zero-order valence-corrected chi connectivity index (χ0v) is 12.0. The summed E-state index contributed by atoms with van der Waals surface area (Å²) < 4.78 is 23.3. The lowest BCUT2D eigenvalue weighted by Gasteiger charge is -2.26. The quantitative estimate of drug-likeness (QED) is 0.682. The highest BCUT2D eigenvalue weighted by Gasteiger charge is 2.24. The molecular weight excluding hydrogens is 232 g/mol. The third kappa shape index (κ3) is 6.41. The maximum Gasteiger partial charge on any atom is 0.152 e. The fourth-order valence-electron chi connectivity index (χ4n) is 1.52. The number of rotatable bonds is 6. The number of alkyl halides is 1. The lowest BCUT2D eigenvalue weighted by molar-refractivity contribution is 0.321. The van der Waals surface area contributed by atoms with E-state index >= 15 is 0 Å². The number of halogens is 1. The molecule has 0 aliphatic heterocycles. The molecule has 0 bridgehead atoms. The van der Waals surface area contributed by atoms with Gasteiger partial charge in [0, 0.05) is 5.38 Å². The maximum absolute atomic E-state index is 11.6. The van der Waals surface area contributed by atoms with Crippen LogP contribution in [0.4, 0.5) is 0 Å². The summed E-state index contributed by atoms with van der Waals surface area (Å²) in [5.74, 6) is 0.265. The van der Waals surface area contributed by atoms with Crippen molar-refractivity contribution in [3.63, 3.8) is 0 Å². The van der Waals surface area contributed by atoms with Crippen molar-refractivity contribution in [1.29, 1.82) is 0 Å². The molecule has 0 aromatic heterocycles. The molecule has 0 aromatic rings. The van der Waals surface area contributed by atoms with Crippen molar-refractivity contribution in [2.75, 3.05) is 5.75 Å². The van der Waals surface area contributed by atoms with Gasteiger partial charge in [0.2, 0.25) is 0 Å². The molecule has 0 amide bonds. The average Bonchev–Trinajstić information content (AvgIpc) is 1.98. The Labute approximate surface area is 99.3 Å². The van der Waals surface area contributed by atoms with Crippen LogP contribution in [0.1, 0.15) is 47.5 Å². The summed E-state index contributed by atoms with van der Waals surface area (Å²) in [5, 5.41) is -0.177. The van der Waals surface area contributed by atoms with E-state index in [1.807, 2.05) is 6.92 Å². The van der Waals surface area contributed by atoms with Gasteiger partial charge in [-0.15, -0.1) is 11.6 Å². The molecule has 0 spiro atoms. The number of hydrogen-bond donors (Lipinski definition) is 0. The van der Waals surface area contributed by atoms with Crippen LogP contribution in [0.3, 0.4) is 0 Å². The molecule has 0 radical (unpaired) electrons. The smallest absolute Gasteiger partial charge is 0.152 e. The van der Waals surface area contributed by atoms with Gasteiger partial charge in [0.15, 0.2) is 9.84 Å². The monoisotopic (exact) mass is 254 g/mol. The average molecular weight is 255 g/mol. The Morgan fingerprint density at radius 1 is 1.20 bits per heavy atom. The Bertz CT molecular complexity index is 279. The van der Waals surface area contributed by atoms with Crippen LogP contribution in [0.5, 0.6) is 0 Å². The summed E-state index contributed by atoms with van der Waals surface area (Å²) >= 11 is 5.93. The van der Waals surface area contributed by atoms with Gasteiger partial charge in [-0.05, 0) is 39.0 Å². The van der Waals surface area contributed by atoms with Crippen LogP contribution in [-0.4, -0.2) is 24.8 Å². The van der Waals surface area contributed by atoms with E-state index in [-0.39, 0.29) is 21.8 Å².